The van der Waals surface area contributed by atoms with E-state index in [2.05, 4.69) is 25.8 Å². The van der Waals surface area contributed by atoms with Crippen molar-refractivity contribution in [3.8, 4) is 5.75 Å². The molecule has 0 aromatic heterocycles. The second kappa shape index (κ2) is 11.6. The second-order valence-electron chi connectivity index (χ2n) is 9.10. The van der Waals surface area contributed by atoms with Gasteiger partial charge >= 0.3 is 6.03 Å². The van der Waals surface area contributed by atoms with Crippen LogP contribution in [0, 0.1) is 5.82 Å². The normalized spacial score (nSPS) is 13.3. The van der Waals surface area contributed by atoms with E-state index in [1.165, 1.54) is 18.2 Å². The number of hydrogen-bond acceptors (Lipinski definition) is 5. The van der Waals surface area contributed by atoms with Crippen molar-refractivity contribution in [3.63, 3.8) is 0 Å². The first-order valence-corrected chi connectivity index (χ1v) is 12.3. The van der Waals surface area contributed by atoms with Gasteiger partial charge in [-0.3, -0.25) is 4.79 Å². The molecule has 1 aliphatic rings. The fraction of sp³-hybridized carbons (Fsp3) is 0.286. The third kappa shape index (κ3) is 6.49. The molecular weight excluding hydrogens is 473 g/mol. The number of nitrogens with zero attached hydrogens (tertiary/aromatic N) is 2. The van der Waals surface area contributed by atoms with Crippen molar-refractivity contribution in [3.05, 3.63) is 78.1 Å². The highest BCUT2D eigenvalue weighted by molar-refractivity contribution is 6.04. The van der Waals surface area contributed by atoms with E-state index in [1.807, 2.05) is 44.2 Å². The summed E-state index contributed by atoms with van der Waals surface area (Å²) in [6, 6.07) is 18.3. The average molecular weight is 506 g/mol. The first kappa shape index (κ1) is 25.8. The summed E-state index contributed by atoms with van der Waals surface area (Å²) in [7, 11) is 1.67. The van der Waals surface area contributed by atoms with Gasteiger partial charge in [-0.1, -0.05) is 18.2 Å². The van der Waals surface area contributed by atoms with Gasteiger partial charge in [-0.25, -0.2) is 9.18 Å². The molecule has 1 fully saturated rings. The van der Waals surface area contributed by atoms with Crippen LogP contribution in [0.4, 0.5) is 31.9 Å². The Bertz CT molecular complexity index is 1260. The minimum atomic E-state index is -0.529. The molecule has 0 spiro atoms. The topological polar surface area (TPSA) is 85.9 Å². The summed E-state index contributed by atoms with van der Waals surface area (Å²) in [6.07, 6.45) is 0. The molecule has 3 aromatic carbocycles. The number of amides is 3. The van der Waals surface area contributed by atoms with Crippen molar-refractivity contribution in [1.29, 1.82) is 0 Å². The molecular formula is C28H32FN5O3. The summed E-state index contributed by atoms with van der Waals surface area (Å²) < 4.78 is 19.0. The van der Waals surface area contributed by atoms with E-state index in [-0.39, 0.29) is 11.9 Å². The quantitative estimate of drug-likeness (QED) is 0.423. The van der Waals surface area contributed by atoms with Crippen LogP contribution in [0.1, 0.15) is 24.2 Å². The number of hydrogen-bond donors (Lipinski definition) is 3. The Balaban J connectivity index is 1.51. The van der Waals surface area contributed by atoms with Crippen molar-refractivity contribution in [2.45, 2.75) is 19.9 Å². The van der Waals surface area contributed by atoms with Gasteiger partial charge in [-0.05, 0) is 62.4 Å². The molecule has 9 heteroatoms. The van der Waals surface area contributed by atoms with Crippen LogP contribution in [0.15, 0.2) is 66.7 Å². The lowest BCUT2D eigenvalue weighted by molar-refractivity contribution is 0.0943. The number of para-hydroxylation sites is 2. The van der Waals surface area contributed by atoms with E-state index in [1.54, 1.807) is 25.3 Å². The number of urea groups is 1. The van der Waals surface area contributed by atoms with E-state index in [9.17, 15) is 14.0 Å². The molecule has 0 aliphatic carbocycles. The lowest BCUT2D eigenvalue weighted by atomic mass is 10.1. The van der Waals surface area contributed by atoms with Gasteiger partial charge in [-0.2, -0.15) is 0 Å². The molecule has 37 heavy (non-hydrogen) atoms. The zero-order valence-electron chi connectivity index (χ0n) is 21.3. The van der Waals surface area contributed by atoms with Gasteiger partial charge in [0.1, 0.15) is 11.6 Å². The molecule has 0 saturated carbocycles. The molecule has 1 saturated heterocycles. The maximum absolute atomic E-state index is 13.4. The first-order valence-electron chi connectivity index (χ1n) is 12.3. The number of benzene rings is 3. The van der Waals surface area contributed by atoms with Crippen LogP contribution in [0.2, 0.25) is 0 Å². The fourth-order valence-corrected chi connectivity index (χ4v) is 4.35. The molecule has 3 amide bonds. The van der Waals surface area contributed by atoms with Crippen LogP contribution in [0.3, 0.4) is 0 Å². The van der Waals surface area contributed by atoms with Gasteiger partial charge in [0.25, 0.3) is 5.91 Å². The number of carbonyl (C=O) groups is 2. The highest BCUT2D eigenvalue weighted by atomic mass is 19.1. The Morgan fingerprint density at radius 2 is 1.49 bits per heavy atom. The Hall–Kier alpha value is -4.27. The van der Waals surface area contributed by atoms with Crippen LogP contribution in [0.25, 0.3) is 0 Å². The van der Waals surface area contributed by atoms with E-state index in [4.69, 9.17) is 4.74 Å². The van der Waals surface area contributed by atoms with Gasteiger partial charge in [0, 0.05) is 49.3 Å². The summed E-state index contributed by atoms with van der Waals surface area (Å²) in [5.74, 6) is 0.173. The third-order valence-electron chi connectivity index (χ3n) is 6.05. The largest absolute Gasteiger partial charge is 0.495 e. The molecule has 3 aromatic rings. The van der Waals surface area contributed by atoms with Crippen molar-refractivity contribution in [2.24, 2.45) is 0 Å². The highest BCUT2D eigenvalue weighted by Crippen LogP contribution is 2.31. The molecule has 3 N–H and O–H groups in total. The fourth-order valence-electron chi connectivity index (χ4n) is 4.35. The SMILES string of the molecule is COc1ccccc1N1CCN(c2ccc(NC(=O)Nc3cccc(F)c3)cc2C(=O)NC(C)C)CC1. The summed E-state index contributed by atoms with van der Waals surface area (Å²) >= 11 is 0. The summed E-state index contributed by atoms with van der Waals surface area (Å²) in [5.41, 5.74) is 3.11. The van der Waals surface area contributed by atoms with E-state index >= 15 is 0 Å². The molecule has 4 rings (SSSR count). The summed E-state index contributed by atoms with van der Waals surface area (Å²) in [6.45, 7) is 6.76. The number of ether oxygens (including phenoxy) is 1. The van der Waals surface area contributed by atoms with Crippen molar-refractivity contribution >= 4 is 34.7 Å². The maximum atomic E-state index is 13.4. The predicted octanol–water partition coefficient (Wildman–Crippen LogP) is 4.94. The van der Waals surface area contributed by atoms with Gasteiger partial charge in [0.15, 0.2) is 0 Å². The Morgan fingerprint density at radius 3 is 2.14 bits per heavy atom. The molecule has 0 atom stereocenters. The second-order valence-corrected chi connectivity index (χ2v) is 9.10. The number of carbonyl (C=O) groups excluding carboxylic acids is 2. The number of anilines is 4. The number of methoxy groups -OCH3 is 1. The minimum Gasteiger partial charge on any atom is -0.495 e. The highest BCUT2D eigenvalue weighted by Gasteiger charge is 2.24. The number of halogens is 1. The Morgan fingerprint density at radius 1 is 0.838 bits per heavy atom. The van der Waals surface area contributed by atoms with Crippen molar-refractivity contribution < 1.29 is 18.7 Å². The average Bonchev–Trinajstić information content (AvgIpc) is 2.88. The van der Waals surface area contributed by atoms with E-state index in [0.29, 0.717) is 30.0 Å². The van der Waals surface area contributed by atoms with Crippen LogP contribution in [-0.4, -0.2) is 51.3 Å². The number of nitrogens with one attached hydrogen (secondary N) is 3. The van der Waals surface area contributed by atoms with Crippen molar-refractivity contribution in [2.75, 3.05) is 53.7 Å². The molecule has 194 valence electrons. The molecule has 0 bridgehead atoms. The molecule has 1 heterocycles. The number of piperazine rings is 1. The zero-order chi connectivity index (χ0) is 26.4. The first-order chi connectivity index (χ1) is 17.8. The van der Waals surface area contributed by atoms with Crippen molar-refractivity contribution in [1.82, 2.24) is 5.32 Å². The maximum Gasteiger partial charge on any atom is 0.323 e. The van der Waals surface area contributed by atoms with E-state index in [0.717, 1.165) is 30.2 Å². The Labute approximate surface area is 216 Å². The summed E-state index contributed by atoms with van der Waals surface area (Å²) in [5, 5.41) is 8.29. The predicted molar refractivity (Wildman–Crippen MR) is 146 cm³/mol. The monoisotopic (exact) mass is 505 g/mol. The lowest BCUT2D eigenvalue weighted by Gasteiger charge is -2.38. The van der Waals surface area contributed by atoms with Gasteiger partial charge in [0.2, 0.25) is 0 Å². The number of rotatable bonds is 7. The standard InChI is InChI=1S/C28H32FN5O3/c1-19(2)30-27(35)23-18-22(32-28(36)31-21-8-6-7-20(29)17-21)11-12-24(23)33-13-15-34(16-14-33)25-9-4-5-10-26(25)37-3/h4-12,17-19H,13-16H2,1-3H3,(H,30,35)(H2,31,32,36). The lowest BCUT2D eigenvalue weighted by Crippen LogP contribution is -2.47. The molecule has 8 nitrogen and oxygen atoms in total. The molecule has 0 unspecified atom stereocenters. The van der Waals surface area contributed by atoms with Crippen LogP contribution in [-0.2, 0) is 0 Å². The van der Waals surface area contributed by atoms with Gasteiger partial charge in [-0.15, -0.1) is 0 Å². The Kier molecular flexibility index (Phi) is 8.12. The van der Waals surface area contributed by atoms with Crippen LogP contribution >= 0.6 is 0 Å². The van der Waals surface area contributed by atoms with E-state index < -0.39 is 11.8 Å². The van der Waals surface area contributed by atoms with Gasteiger partial charge in [0.05, 0.1) is 18.4 Å². The minimum absolute atomic E-state index is 0.0457. The molecule has 1 aliphatic heterocycles. The smallest absolute Gasteiger partial charge is 0.323 e. The zero-order valence-corrected chi connectivity index (χ0v) is 21.3. The van der Waals surface area contributed by atoms with Crippen LogP contribution < -0.4 is 30.5 Å². The van der Waals surface area contributed by atoms with Crippen LogP contribution in [0.5, 0.6) is 5.75 Å². The third-order valence-corrected chi connectivity index (χ3v) is 6.05. The summed E-state index contributed by atoms with van der Waals surface area (Å²) in [4.78, 5) is 30.1. The van der Waals surface area contributed by atoms with Gasteiger partial charge < -0.3 is 30.5 Å². The molecule has 0 radical (unpaired) electrons.